The molecule has 0 saturated heterocycles. The summed E-state index contributed by atoms with van der Waals surface area (Å²) in [4.78, 5) is 11.9. The number of ketones is 1. The molecule has 1 rings (SSSR count). The van der Waals surface area contributed by atoms with E-state index in [1.165, 1.54) is 11.1 Å². The molecular formula is C15H22O2. The minimum atomic E-state index is -0.365. The lowest BCUT2D eigenvalue weighted by atomic mass is 9.96. The van der Waals surface area contributed by atoms with Crippen molar-refractivity contribution in [2.45, 2.75) is 46.1 Å². The molecule has 1 aromatic rings. The van der Waals surface area contributed by atoms with Crippen molar-refractivity contribution in [1.29, 1.82) is 0 Å². The van der Waals surface area contributed by atoms with E-state index in [4.69, 9.17) is 4.74 Å². The zero-order valence-electron chi connectivity index (χ0n) is 11.5. The SMILES string of the molecule is COC(C)(C)CC(=O)Cc1cc(C)cc(C)c1. The van der Waals surface area contributed by atoms with Crippen molar-refractivity contribution in [3.63, 3.8) is 0 Å². The monoisotopic (exact) mass is 234 g/mol. The van der Waals surface area contributed by atoms with Gasteiger partial charge >= 0.3 is 0 Å². The van der Waals surface area contributed by atoms with Crippen LogP contribution in [0.25, 0.3) is 0 Å². The molecule has 0 aromatic heterocycles. The predicted molar refractivity (Wildman–Crippen MR) is 70.3 cm³/mol. The standard InChI is InChI=1S/C15H22O2/c1-11-6-12(2)8-13(7-11)9-14(16)10-15(3,4)17-5/h6-8H,9-10H2,1-5H3. The van der Waals surface area contributed by atoms with Gasteiger partial charge < -0.3 is 4.74 Å². The molecule has 0 spiro atoms. The van der Waals surface area contributed by atoms with Crippen molar-refractivity contribution in [1.82, 2.24) is 0 Å². The van der Waals surface area contributed by atoms with E-state index < -0.39 is 0 Å². The molecular weight excluding hydrogens is 212 g/mol. The molecule has 0 bridgehead atoms. The lowest BCUT2D eigenvalue weighted by molar-refractivity contribution is -0.123. The molecule has 0 saturated carbocycles. The highest BCUT2D eigenvalue weighted by Crippen LogP contribution is 2.16. The van der Waals surface area contributed by atoms with E-state index in [1.807, 2.05) is 13.8 Å². The molecule has 0 aliphatic heterocycles. The topological polar surface area (TPSA) is 26.3 Å². The Bertz CT molecular complexity index is 385. The number of Topliss-reactive ketones (excluding diaryl/α,β-unsaturated/α-hetero) is 1. The fourth-order valence-electron chi connectivity index (χ4n) is 2.01. The second-order valence-corrected chi connectivity index (χ2v) is 5.35. The average molecular weight is 234 g/mol. The van der Waals surface area contributed by atoms with Crippen LogP contribution in [0.1, 0.15) is 37.0 Å². The lowest BCUT2D eigenvalue weighted by Gasteiger charge is -2.21. The summed E-state index contributed by atoms with van der Waals surface area (Å²) in [5, 5.41) is 0. The van der Waals surface area contributed by atoms with Crippen LogP contribution in [0.3, 0.4) is 0 Å². The zero-order chi connectivity index (χ0) is 13.1. The van der Waals surface area contributed by atoms with Crippen molar-refractivity contribution < 1.29 is 9.53 Å². The third kappa shape index (κ3) is 4.70. The molecule has 0 amide bonds. The number of methoxy groups -OCH3 is 1. The normalized spacial score (nSPS) is 11.6. The first-order chi connectivity index (χ1) is 7.82. The van der Waals surface area contributed by atoms with E-state index in [0.717, 1.165) is 5.56 Å². The summed E-state index contributed by atoms with van der Waals surface area (Å²) in [6, 6.07) is 6.27. The number of carbonyl (C=O) groups is 1. The summed E-state index contributed by atoms with van der Waals surface area (Å²) in [6.45, 7) is 7.99. The van der Waals surface area contributed by atoms with Gasteiger partial charge in [-0.15, -0.1) is 0 Å². The maximum absolute atomic E-state index is 11.9. The Labute approximate surface area is 104 Å². The third-order valence-electron chi connectivity index (χ3n) is 2.86. The minimum Gasteiger partial charge on any atom is -0.378 e. The van der Waals surface area contributed by atoms with Crippen LogP contribution in [0.15, 0.2) is 18.2 Å². The van der Waals surface area contributed by atoms with Crippen molar-refractivity contribution in [3.8, 4) is 0 Å². The second-order valence-electron chi connectivity index (χ2n) is 5.35. The predicted octanol–water partition coefficient (Wildman–Crippen LogP) is 3.23. The van der Waals surface area contributed by atoms with Crippen LogP contribution in [0.2, 0.25) is 0 Å². The van der Waals surface area contributed by atoms with Gasteiger partial charge in [0.05, 0.1) is 5.60 Å². The maximum Gasteiger partial charge on any atom is 0.140 e. The molecule has 94 valence electrons. The van der Waals surface area contributed by atoms with Gasteiger partial charge in [-0.05, 0) is 33.3 Å². The molecule has 2 nitrogen and oxygen atoms in total. The van der Waals surface area contributed by atoms with Gasteiger partial charge in [0.15, 0.2) is 0 Å². The summed E-state index contributed by atoms with van der Waals surface area (Å²) in [6.07, 6.45) is 0.950. The average Bonchev–Trinajstić information content (AvgIpc) is 2.14. The number of hydrogen-bond acceptors (Lipinski definition) is 2. The number of benzene rings is 1. The molecule has 0 aliphatic rings. The van der Waals surface area contributed by atoms with Crippen LogP contribution in [-0.4, -0.2) is 18.5 Å². The third-order valence-corrected chi connectivity index (χ3v) is 2.86. The maximum atomic E-state index is 11.9. The molecule has 2 heteroatoms. The van der Waals surface area contributed by atoms with Crippen LogP contribution in [-0.2, 0) is 16.0 Å². The van der Waals surface area contributed by atoms with Gasteiger partial charge in [-0.1, -0.05) is 29.3 Å². The Morgan fingerprint density at radius 3 is 2.18 bits per heavy atom. The first kappa shape index (κ1) is 13.9. The number of carbonyl (C=O) groups excluding carboxylic acids is 1. The van der Waals surface area contributed by atoms with Crippen LogP contribution in [0, 0.1) is 13.8 Å². The van der Waals surface area contributed by atoms with E-state index in [-0.39, 0.29) is 11.4 Å². The van der Waals surface area contributed by atoms with Crippen molar-refractivity contribution in [2.24, 2.45) is 0 Å². The Morgan fingerprint density at radius 2 is 1.71 bits per heavy atom. The van der Waals surface area contributed by atoms with E-state index in [2.05, 4.69) is 32.0 Å². The second kappa shape index (κ2) is 5.46. The van der Waals surface area contributed by atoms with Crippen LogP contribution in [0.5, 0.6) is 0 Å². The highest BCUT2D eigenvalue weighted by Gasteiger charge is 2.20. The van der Waals surface area contributed by atoms with Gasteiger partial charge in [0.2, 0.25) is 0 Å². The smallest absolute Gasteiger partial charge is 0.140 e. The number of rotatable bonds is 5. The summed E-state index contributed by atoms with van der Waals surface area (Å²) in [7, 11) is 1.64. The fourth-order valence-corrected chi connectivity index (χ4v) is 2.01. The first-order valence-corrected chi connectivity index (χ1v) is 5.96. The van der Waals surface area contributed by atoms with Gasteiger partial charge in [0.1, 0.15) is 5.78 Å². The largest absolute Gasteiger partial charge is 0.378 e. The molecule has 0 N–H and O–H groups in total. The van der Waals surface area contributed by atoms with Gasteiger partial charge in [0.25, 0.3) is 0 Å². The molecule has 0 heterocycles. The lowest BCUT2D eigenvalue weighted by Crippen LogP contribution is -2.27. The molecule has 17 heavy (non-hydrogen) atoms. The molecule has 0 radical (unpaired) electrons. The number of hydrogen-bond donors (Lipinski definition) is 0. The molecule has 1 aromatic carbocycles. The van der Waals surface area contributed by atoms with E-state index >= 15 is 0 Å². The van der Waals surface area contributed by atoms with Crippen LogP contribution in [0.4, 0.5) is 0 Å². The van der Waals surface area contributed by atoms with E-state index in [0.29, 0.717) is 12.8 Å². The van der Waals surface area contributed by atoms with Crippen molar-refractivity contribution in [3.05, 3.63) is 34.9 Å². The van der Waals surface area contributed by atoms with E-state index in [1.54, 1.807) is 7.11 Å². The molecule has 0 atom stereocenters. The fraction of sp³-hybridized carbons (Fsp3) is 0.533. The van der Waals surface area contributed by atoms with Crippen LogP contribution < -0.4 is 0 Å². The van der Waals surface area contributed by atoms with Crippen molar-refractivity contribution in [2.75, 3.05) is 7.11 Å². The van der Waals surface area contributed by atoms with Gasteiger partial charge in [-0.25, -0.2) is 0 Å². The zero-order valence-corrected chi connectivity index (χ0v) is 11.5. The molecule has 0 unspecified atom stereocenters. The minimum absolute atomic E-state index is 0.224. The quantitative estimate of drug-likeness (QED) is 0.782. The first-order valence-electron chi connectivity index (χ1n) is 5.96. The number of aryl methyl sites for hydroxylation is 2. The Morgan fingerprint density at radius 1 is 1.18 bits per heavy atom. The van der Waals surface area contributed by atoms with Crippen molar-refractivity contribution >= 4 is 5.78 Å². The van der Waals surface area contributed by atoms with Gasteiger partial charge in [-0.3, -0.25) is 4.79 Å². The van der Waals surface area contributed by atoms with E-state index in [9.17, 15) is 4.79 Å². The van der Waals surface area contributed by atoms with Gasteiger partial charge in [-0.2, -0.15) is 0 Å². The van der Waals surface area contributed by atoms with Crippen LogP contribution >= 0.6 is 0 Å². The Hall–Kier alpha value is -1.15. The van der Waals surface area contributed by atoms with Gasteiger partial charge in [0, 0.05) is 20.0 Å². The highest BCUT2D eigenvalue weighted by molar-refractivity contribution is 5.81. The summed E-state index contributed by atoms with van der Waals surface area (Å²) in [5.74, 6) is 0.224. The molecule has 0 aliphatic carbocycles. The summed E-state index contributed by atoms with van der Waals surface area (Å²) < 4.78 is 5.27. The summed E-state index contributed by atoms with van der Waals surface area (Å²) in [5.41, 5.74) is 3.15. The highest BCUT2D eigenvalue weighted by atomic mass is 16.5. The Balaban J connectivity index is 2.68. The number of ether oxygens (including phenoxy) is 1. The Kier molecular flexibility index (Phi) is 4.47. The molecule has 0 fully saturated rings. The summed E-state index contributed by atoms with van der Waals surface area (Å²) >= 11 is 0.